The zero-order valence-electron chi connectivity index (χ0n) is 10.1. The Morgan fingerprint density at radius 1 is 1.15 bits per heavy atom. The molecule has 13 heavy (non-hydrogen) atoms. The van der Waals surface area contributed by atoms with Gasteiger partial charge in [-0.1, -0.05) is 40.7 Å². The van der Waals surface area contributed by atoms with Crippen LogP contribution in [0.15, 0.2) is 17.3 Å². The van der Waals surface area contributed by atoms with Gasteiger partial charge in [-0.25, -0.2) is 0 Å². The molecule has 0 saturated heterocycles. The van der Waals surface area contributed by atoms with Gasteiger partial charge in [-0.15, -0.1) is 0 Å². The second kappa shape index (κ2) is 4.12. The Morgan fingerprint density at radius 3 is 1.92 bits per heavy atom. The average Bonchev–Trinajstić information content (AvgIpc) is 1.82. The van der Waals surface area contributed by atoms with E-state index in [-0.39, 0.29) is 10.7 Å². The highest BCUT2D eigenvalue weighted by molar-refractivity contribution is 6.16. The Labute approximate surface area is 83.7 Å². The third kappa shape index (κ3) is 6.62. The summed E-state index contributed by atoms with van der Waals surface area (Å²) in [5.41, 5.74) is 1.36. The van der Waals surface area contributed by atoms with Crippen molar-refractivity contribution < 1.29 is 0 Å². The molecule has 0 heterocycles. The molecule has 0 rings (SSSR count). The van der Waals surface area contributed by atoms with Crippen molar-refractivity contribution in [2.24, 2.45) is 10.4 Å². The van der Waals surface area contributed by atoms with Crippen molar-refractivity contribution in [3.05, 3.63) is 12.3 Å². The maximum absolute atomic E-state index is 4.42. The molecule has 0 aliphatic carbocycles. The van der Waals surface area contributed by atoms with Crippen molar-refractivity contribution in [2.75, 3.05) is 0 Å². The molecule has 1 nitrogen and oxygen atoms in total. The maximum Gasteiger partial charge on any atom is 0.113 e. The summed E-state index contributed by atoms with van der Waals surface area (Å²) in [6.07, 6.45) is 4.04. The van der Waals surface area contributed by atoms with Crippen molar-refractivity contribution in [2.45, 2.75) is 46.9 Å². The Balaban J connectivity index is 4.37. The lowest BCUT2D eigenvalue weighted by Crippen LogP contribution is -2.16. The fourth-order valence-corrected chi connectivity index (χ4v) is 0.566. The predicted molar refractivity (Wildman–Crippen MR) is 64.3 cm³/mol. The van der Waals surface area contributed by atoms with E-state index in [2.05, 4.69) is 60.5 Å². The van der Waals surface area contributed by atoms with Crippen LogP contribution in [-0.2, 0) is 0 Å². The Morgan fingerprint density at radius 2 is 1.62 bits per heavy atom. The fourth-order valence-electron chi connectivity index (χ4n) is 0.566. The molecule has 0 atom stereocenters. The van der Waals surface area contributed by atoms with Gasteiger partial charge in [0.1, 0.15) is 7.85 Å². The van der Waals surface area contributed by atoms with E-state index >= 15 is 0 Å². The van der Waals surface area contributed by atoms with Crippen molar-refractivity contribution >= 4 is 13.6 Å². The molecule has 2 heteroatoms. The summed E-state index contributed by atoms with van der Waals surface area (Å²) < 4.78 is 0. The van der Waals surface area contributed by atoms with Crippen LogP contribution in [0.5, 0.6) is 0 Å². The van der Waals surface area contributed by atoms with Crippen LogP contribution in [0.3, 0.4) is 0 Å². The molecule has 0 spiro atoms. The van der Waals surface area contributed by atoms with Gasteiger partial charge in [0.15, 0.2) is 0 Å². The van der Waals surface area contributed by atoms with Crippen LogP contribution in [0.4, 0.5) is 0 Å². The van der Waals surface area contributed by atoms with E-state index in [0.29, 0.717) is 0 Å². The van der Waals surface area contributed by atoms with Gasteiger partial charge in [0, 0.05) is 11.9 Å². The molecular weight excluding hydrogens is 157 g/mol. The van der Waals surface area contributed by atoms with E-state index < -0.39 is 0 Å². The molecule has 0 aromatic carbocycles. The number of nitrogens with zero attached hydrogens (tertiary/aromatic N) is 1. The Kier molecular flexibility index (Phi) is 3.96. The van der Waals surface area contributed by atoms with Crippen LogP contribution in [0.25, 0.3) is 0 Å². The van der Waals surface area contributed by atoms with Crippen molar-refractivity contribution in [3.63, 3.8) is 0 Å². The lowest BCUT2D eigenvalue weighted by atomic mass is 9.73. The highest BCUT2D eigenvalue weighted by atomic mass is 14.7. The molecule has 0 amide bonds. The minimum atomic E-state index is 0.183. The zero-order chi connectivity index (χ0) is 10.7. The minimum Gasteiger partial charge on any atom is -0.266 e. The molecule has 0 aromatic rings. The van der Waals surface area contributed by atoms with Gasteiger partial charge in [-0.05, 0) is 17.7 Å². The molecular formula is C11H22BN. The second-order valence-corrected chi connectivity index (χ2v) is 5.65. The average molecular weight is 179 g/mol. The topological polar surface area (TPSA) is 12.4 Å². The third-order valence-electron chi connectivity index (χ3n) is 1.93. The van der Waals surface area contributed by atoms with Crippen LogP contribution in [0.2, 0.25) is 5.31 Å². The molecule has 74 valence electrons. The summed E-state index contributed by atoms with van der Waals surface area (Å²) in [7, 11) is 2.17. The zero-order valence-corrected chi connectivity index (χ0v) is 10.1. The largest absolute Gasteiger partial charge is 0.266 e. The lowest BCUT2D eigenvalue weighted by molar-refractivity contribution is 0.588. The normalized spacial score (nSPS) is 15.4. The monoisotopic (exact) mass is 179 g/mol. The fraction of sp³-hybridized carbons (Fsp3) is 0.727. The van der Waals surface area contributed by atoms with Crippen molar-refractivity contribution in [3.8, 4) is 0 Å². The quantitative estimate of drug-likeness (QED) is 0.456. The van der Waals surface area contributed by atoms with Gasteiger partial charge in [-0.2, -0.15) is 0 Å². The molecule has 0 fully saturated rings. The summed E-state index contributed by atoms with van der Waals surface area (Å²) >= 11 is 0. The van der Waals surface area contributed by atoms with Crippen LogP contribution in [-0.4, -0.2) is 13.6 Å². The molecule has 0 unspecified atom stereocenters. The summed E-state index contributed by atoms with van der Waals surface area (Å²) in [4.78, 5) is 4.42. The van der Waals surface area contributed by atoms with Gasteiger partial charge in [0.05, 0.1) is 0 Å². The number of allylic oxidation sites excluding steroid dienone is 1. The minimum absolute atomic E-state index is 0.183. The summed E-state index contributed by atoms with van der Waals surface area (Å²) in [5.74, 6) is 0. The molecule has 0 radical (unpaired) electrons. The first-order valence-electron chi connectivity index (χ1n) is 4.85. The number of rotatable bonds is 2. The van der Waals surface area contributed by atoms with E-state index in [1.807, 2.05) is 6.20 Å². The SMILES string of the molecule is BC(C)(C)/C=C\N=C(\C)C(C)(C)C. The molecule has 0 aliphatic heterocycles. The van der Waals surface area contributed by atoms with Gasteiger partial charge < -0.3 is 0 Å². The first-order chi connectivity index (χ1) is 5.63. The van der Waals surface area contributed by atoms with Crippen LogP contribution in [0, 0.1) is 5.41 Å². The third-order valence-corrected chi connectivity index (χ3v) is 1.93. The maximum atomic E-state index is 4.42. The summed E-state index contributed by atoms with van der Waals surface area (Å²) in [5, 5.41) is 0.224. The van der Waals surface area contributed by atoms with Gasteiger partial charge in [0.2, 0.25) is 0 Å². The molecule has 0 saturated carbocycles. The number of hydrogen-bond donors (Lipinski definition) is 0. The van der Waals surface area contributed by atoms with Crippen molar-refractivity contribution in [1.29, 1.82) is 0 Å². The predicted octanol–water partition coefficient (Wildman–Crippen LogP) is 2.84. The molecule has 0 aromatic heterocycles. The summed E-state index contributed by atoms with van der Waals surface area (Å²) in [6, 6.07) is 0. The Bertz CT molecular complexity index is 213. The number of hydrogen-bond acceptors (Lipinski definition) is 1. The smallest absolute Gasteiger partial charge is 0.113 e. The first-order valence-corrected chi connectivity index (χ1v) is 4.85. The first kappa shape index (κ1) is 12.5. The van der Waals surface area contributed by atoms with E-state index in [1.54, 1.807) is 0 Å². The standard InChI is InChI=1S/C11H22BN/c1-9(10(2,3)4)13-8-7-11(5,6)12/h7-8H,12H2,1-6H3/b8-7-,13-9-. The van der Waals surface area contributed by atoms with Crippen LogP contribution >= 0.6 is 0 Å². The van der Waals surface area contributed by atoms with E-state index in [4.69, 9.17) is 0 Å². The molecule has 0 bridgehead atoms. The van der Waals surface area contributed by atoms with Crippen molar-refractivity contribution in [1.82, 2.24) is 0 Å². The lowest BCUT2D eigenvalue weighted by Gasteiger charge is -2.17. The van der Waals surface area contributed by atoms with E-state index in [0.717, 1.165) is 0 Å². The summed E-state index contributed by atoms with van der Waals surface area (Å²) in [6.45, 7) is 13.0. The Hall–Kier alpha value is -0.525. The highest BCUT2D eigenvalue weighted by Gasteiger charge is 2.13. The molecule has 0 aliphatic rings. The van der Waals surface area contributed by atoms with Gasteiger partial charge in [0.25, 0.3) is 0 Å². The van der Waals surface area contributed by atoms with Crippen LogP contribution in [0.1, 0.15) is 41.5 Å². The van der Waals surface area contributed by atoms with Crippen LogP contribution < -0.4 is 0 Å². The number of aliphatic imine (C=N–C) groups is 1. The highest BCUT2D eigenvalue weighted by Crippen LogP contribution is 2.20. The van der Waals surface area contributed by atoms with Gasteiger partial charge in [-0.3, -0.25) is 4.99 Å². The van der Waals surface area contributed by atoms with E-state index in [9.17, 15) is 0 Å². The van der Waals surface area contributed by atoms with E-state index in [1.165, 1.54) is 5.71 Å². The second-order valence-electron chi connectivity index (χ2n) is 5.65. The molecule has 0 N–H and O–H groups in total. The van der Waals surface area contributed by atoms with Gasteiger partial charge >= 0.3 is 0 Å².